The van der Waals surface area contributed by atoms with Gasteiger partial charge in [-0.2, -0.15) is 0 Å². The molecule has 0 fully saturated rings. The lowest BCUT2D eigenvalue weighted by molar-refractivity contribution is -0.120. The highest BCUT2D eigenvalue weighted by Crippen LogP contribution is 2.32. The molecule has 1 heterocycles. The SMILES string of the molecule is COC(=O)c1ccc(C(=O)OC)c(NC(=O)c2ccc(C)c(NC3=C(Cl)C(=O)N(c4cccc(Cl)c4)C3=O)c2)c1. The fraction of sp³-hybridized carbons (Fsp3) is 0.107. The molecule has 3 aromatic carbocycles. The molecule has 204 valence electrons. The molecule has 0 saturated carbocycles. The molecule has 0 bridgehead atoms. The minimum atomic E-state index is -0.733. The maximum absolute atomic E-state index is 13.2. The minimum absolute atomic E-state index is 0.0158. The van der Waals surface area contributed by atoms with E-state index in [1.54, 1.807) is 31.2 Å². The van der Waals surface area contributed by atoms with Gasteiger partial charge in [0.05, 0.1) is 36.7 Å². The first-order chi connectivity index (χ1) is 19.0. The number of halogens is 2. The molecule has 0 radical (unpaired) electrons. The van der Waals surface area contributed by atoms with Crippen LogP contribution in [0.2, 0.25) is 5.02 Å². The van der Waals surface area contributed by atoms with Gasteiger partial charge in [0.2, 0.25) is 0 Å². The molecule has 1 aliphatic rings. The first kappa shape index (κ1) is 28.3. The van der Waals surface area contributed by atoms with E-state index in [0.717, 1.165) is 4.90 Å². The predicted molar refractivity (Wildman–Crippen MR) is 149 cm³/mol. The van der Waals surface area contributed by atoms with Gasteiger partial charge in [-0.25, -0.2) is 14.5 Å². The van der Waals surface area contributed by atoms with Crippen molar-refractivity contribution < 1.29 is 33.4 Å². The van der Waals surface area contributed by atoms with Gasteiger partial charge < -0.3 is 20.1 Å². The maximum atomic E-state index is 13.2. The van der Waals surface area contributed by atoms with Crippen molar-refractivity contribution in [3.05, 3.63) is 98.7 Å². The van der Waals surface area contributed by atoms with Crippen LogP contribution in [0.25, 0.3) is 0 Å². The Morgan fingerprint density at radius 2 is 1.48 bits per heavy atom. The van der Waals surface area contributed by atoms with Crippen molar-refractivity contribution >= 4 is 69.9 Å². The van der Waals surface area contributed by atoms with E-state index in [2.05, 4.69) is 10.6 Å². The van der Waals surface area contributed by atoms with Gasteiger partial charge in [0.1, 0.15) is 10.7 Å². The number of nitrogens with zero attached hydrogens (tertiary/aromatic N) is 1. The minimum Gasteiger partial charge on any atom is -0.465 e. The van der Waals surface area contributed by atoms with E-state index in [1.807, 2.05) is 0 Å². The highest BCUT2D eigenvalue weighted by atomic mass is 35.5. The number of carbonyl (C=O) groups excluding carboxylic acids is 5. The number of ether oxygens (including phenoxy) is 2. The summed E-state index contributed by atoms with van der Waals surface area (Å²) in [5.74, 6) is -3.46. The third-order valence-electron chi connectivity index (χ3n) is 5.95. The highest BCUT2D eigenvalue weighted by Gasteiger charge is 2.39. The Balaban J connectivity index is 1.62. The Bertz CT molecular complexity index is 1620. The van der Waals surface area contributed by atoms with Crippen LogP contribution < -0.4 is 15.5 Å². The molecule has 40 heavy (non-hydrogen) atoms. The topological polar surface area (TPSA) is 131 Å². The maximum Gasteiger partial charge on any atom is 0.339 e. The number of anilines is 3. The summed E-state index contributed by atoms with van der Waals surface area (Å²) < 4.78 is 9.48. The molecule has 2 N–H and O–H groups in total. The van der Waals surface area contributed by atoms with E-state index in [9.17, 15) is 24.0 Å². The molecule has 3 amide bonds. The van der Waals surface area contributed by atoms with Crippen molar-refractivity contribution in [2.24, 2.45) is 0 Å². The molecule has 3 aromatic rings. The van der Waals surface area contributed by atoms with Crippen molar-refractivity contribution in [2.75, 3.05) is 29.8 Å². The number of imide groups is 1. The third-order valence-corrected chi connectivity index (χ3v) is 6.53. The number of carbonyl (C=O) groups is 5. The van der Waals surface area contributed by atoms with E-state index < -0.39 is 29.7 Å². The average molecular weight is 582 g/mol. The zero-order valence-corrected chi connectivity index (χ0v) is 22.8. The second-order valence-corrected chi connectivity index (χ2v) is 9.28. The van der Waals surface area contributed by atoms with E-state index in [4.69, 9.17) is 32.7 Å². The van der Waals surface area contributed by atoms with Gasteiger partial charge in [0.15, 0.2) is 0 Å². The van der Waals surface area contributed by atoms with Gasteiger partial charge in [-0.3, -0.25) is 14.4 Å². The Labute approximate surface area is 238 Å². The molecule has 0 atom stereocenters. The molecule has 0 aromatic heterocycles. The summed E-state index contributed by atoms with van der Waals surface area (Å²) in [5, 5.41) is 5.47. The summed E-state index contributed by atoms with van der Waals surface area (Å²) in [5.41, 5.74) is 1.31. The number of nitrogens with one attached hydrogen (secondary N) is 2. The largest absolute Gasteiger partial charge is 0.465 e. The lowest BCUT2D eigenvalue weighted by atomic mass is 10.1. The van der Waals surface area contributed by atoms with Crippen LogP contribution in [0.1, 0.15) is 36.6 Å². The quantitative estimate of drug-likeness (QED) is 0.297. The molecule has 10 nitrogen and oxygen atoms in total. The fourth-order valence-corrected chi connectivity index (χ4v) is 4.27. The summed E-state index contributed by atoms with van der Waals surface area (Å²) in [6.07, 6.45) is 0. The van der Waals surface area contributed by atoms with E-state index in [0.29, 0.717) is 16.3 Å². The van der Waals surface area contributed by atoms with Crippen molar-refractivity contribution in [3.8, 4) is 0 Å². The number of aryl methyl sites for hydroxylation is 1. The van der Waals surface area contributed by atoms with Crippen molar-refractivity contribution in [1.29, 1.82) is 0 Å². The number of hydrogen-bond acceptors (Lipinski definition) is 8. The standard InChI is InChI=1S/C28H21Cl2N3O7/c1-14-7-8-15(24(34)32-21-12-16(27(37)39-2)9-10-19(21)28(38)40-3)11-20(14)31-23-22(30)25(35)33(26(23)36)18-6-4-5-17(29)13-18/h4-13,31H,1-3H3,(H,32,34). The van der Waals surface area contributed by atoms with Gasteiger partial charge in [-0.1, -0.05) is 35.3 Å². The number of amides is 3. The second-order valence-electron chi connectivity index (χ2n) is 8.47. The normalized spacial score (nSPS) is 12.9. The van der Waals surface area contributed by atoms with Crippen molar-refractivity contribution in [2.45, 2.75) is 6.92 Å². The predicted octanol–water partition coefficient (Wildman–Crippen LogP) is 4.91. The van der Waals surface area contributed by atoms with Crippen LogP contribution in [0.15, 0.2) is 71.4 Å². The van der Waals surface area contributed by atoms with E-state index >= 15 is 0 Å². The third kappa shape index (κ3) is 5.54. The monoisotopic (exact) mass is 581 g/mol. The molecule has 0 aliphatic carbocycles. The van der Waals surface area contributed by atoms with Gasteiger partial charge >= 0.3 is 11.9 Å². The van der Waals surface area contributed by atoms with Crippen LogP contribution in [0.3, 0.4) is 0 Å². The number of methoxy groups -OCH3 is 2. The zero-order chi connectivity index (χ0) is 29.1. The molecule has 0 saturated heterocycles. The Morgan fingerprint density at radius 1 is 0.800 bits per heavy atom. The van der Waals surface area contributed by atoms with E-state index in [1.165, 1.54) is 50.6 Å². The van der Waals surface area contributed by atoms with Crippen LogP contribution in [0.5, 0.6) is 0 Å². The molecular formula is C28H21Cl2N3O7. The Morgan fingerprint density at radius 3 is 2.15 bits per heavy atom. The summed E-state index contributed by atoms with van der Waals surface area (Å²) in [6.45, 7) is 1.73. The number of esters is 2. The van der Waals surface area contributed by atoms with Crippen LogP contribution in [-0.2, 0) is 19.1 Å². The van der Waals surface area contributed by atoms with Crippen molar-refractivity contribution in [3.63, 3.8) is 0 Å². The number of hydrogen-bond donors (Lipinski definition) is 2. The van der Waals surface area contributed by atoms with Crippen LogP contribution >= 0.6 is 23.2 Å². The zero-order valence-electron chi connectivity index (χ0n) is 21.3. The molecule has 0 spiro atoms. The van der Waals surface area contributed by atoms with E-state index in [-0.39, 0.29) is 38.8 Å². The van der Waals surface area contributed by atoms with Crippen LogP contribution in [0, 0.1) is 6.92 Å². The fourth-order valence-electron chi connectivity index (χ4n) is 3.87. The molecule has 12 heteroatoms. The summed E-state index contributed by atoms with van der Waals surface area (Å²) >= 11 is 12.3. The van der Waals surface area contributed by atoms with Crippen LogP contribution in [-0.4, -0.2) is 43.9 Å². The first-order valence-corrected chi connectivity index (χ1v) is 12.3. The summed E-state index contributed by atoms with van der Waals surface area (Å²) in [6, 6.07) is 14.8. The van der Waals surface area contributed by atoms with Gasteiger partial charge in [0.25, 0.3) is 17.7 Å². The molecule has 1 aliphatic heterocycles. The Kier molecular flexibility index (Phi) is 8.22. The average Bonchev–Trinajstić information content (AvgIpc) is 3.15. The number of rotatable bonds is 7. The number of benzene rings is 3. The van der Waals surface area contributed by atoms with Gasteiger partial charge in [-0.05, 0) is 61.0 Å². The highest BCUT2D eigenvalue weighted by molar-refractivity contribution is 6.53. The lowest BCUT2D eigenvalue weighted by Crippen LogP contribution is -2.32. The second kappa shape index (κ2) is 11.6. The molecule has 0 unspecified atom stereocenters. The van der Waals surface area contributed by atoms with Crippen molar-refractivity contribution in [1.82, 2.24) is 0 Å². The molecular weight excluding hydrogens is 561 g/mol. The Hall–Kier alpha value is -4.67. The lowest BCUT2D eigenvalue weighted by Gasteiger charge is -2.16. The first-order valence-electron chi connectivity index (χ1n) is 11.6. The molecule has 4 rings (SSSR count). The van der Waals surface area contributed by atoms with Crippen LogP contribution in [0.4, 0.5) is 17.1 Å². The smallest absolute Gasteiger partial charge is 0.339 e. The van der Waals surface area contributed by atoms with Gasteiger partial charge in [0, 0.05) is 16.3 Å². The van der Waals surface area contributed by atoms with Gasteiger partial charge in [-0.15, -0.1) is 0 Å². The summed E-state index contributed by atoms with van der Waals surface area (Å²) in [7, 11) is 2.39. The summed E-state index contributed by atoms with van der Waals surface area (Å²) in [4.78, 5) is 64.3.